The number of piperazine rings is 1. The molecule has 5 heteroatoms. The zero-order chi connectivity index (χ0) is 13.0. The standard InChI is InChI=1S/C14H18F2N2.ClH/c1-2-3-14(18-8-6-17-7-9-18)12-10-11(15)4-5-13(12)16;/h2,4-5,10,14,17H,1,3,6-9H2;1H/t14-;/m1./s1. The van der Waals surface area contributed by atoms with E-state index >= 15 is 0 Å². The van der Waals surface area contributed by atoms with Gasteiger partial charge in [0.15, 0.2) is 0 Å². The van der Waals surface area contributed by atoms with E-state index < -0.39 is 5.82 Å². The van der Waals surface area contributed by atoms with Gasteiger partial charge in [-0.15, -0.1) is 19.0 Å². The number of hydrogen-bond acceptors (Lipinski definition) is 2. The Morgan fingerprint density at radius 1 is 1.32 bits per heavy atom. The highest BCUT2D eigenvalue weighted by molar-refractivity contribution is 5.85. The monoisotopic (exact) mass is 288 g/mol. The van der Waals surface area contributed by atoms with Crippen molar-refractivity contribution in [1.29, 1.82) is 0 Å². The van der Waals surface area contributed by atoms with Gasteiger partial charge in [-0.05, 0) is 24.6 Å². The first-order valence-corrected chi connectivity index (χ1v) is 6.23. The van der Waals surface area contributed by atoms with E-state index in [-0.39, 0.29) is 24.3 Å². The van der Waals surface area contributed by atoms with Crippen molar-refractivity contribution in [2.45, 2.75) is 12.5 Å². The number of rotatable bonds is 4. The van der Waals surface area contributed by atoms with Crippen LogP contribution in [0.2, 0.25) is 0 Å². The fourth-order valence-electron chi connectivity index (χ4n) is 2.39. The molecule has 1 aromatic carbocycles. The second kappa shape index (κ2) is 7.58. The van der Waals surface area contributed by atoms with Gasteiger partial charge in [-0.1, -0.05) is 6.08 Å². The van der Waals surface area contributed by atoms with Crippen molar-refractivity contribution < 1.29 is 8.78 Å². The van der Waals surface area contributed by atoms with Gasteiger partial charge in [0.1, 0.15) is 11.6 Å². The van der Waals surface area contributed by atoms with Crippen molar-refractivity contribution in [2.75, 3.05) is 26.2 Å². The van der Waals surface area contributed by atoms with Gasteiger partial charge in [-0.3, -0.25) is 4.90 Å². The third-order valence-electron chi connectivity index (χ3n) is 3.30. The van der Waals surface area contributed by atoms with E-state index in [2.05, 4.69) is 16.8 Å². The lowest BCUT2D eigenvalue weighted by molar-refractivity contribution is 0.171. The Kier molecular flexibility index (Phi) is 6.42. The molecule has 1 aromatic rings. The summed E-state index contributed by atoms with van der Waals surface area (Å²) >= 11 is 0. The Morgan fingerprint density at radius 2 is 2.00 bits per heavy atom. The maximum absolute atomic E-state index is 13.9. The zero-order valence-electron chi connectivity index (χ0n) is 10.7. The third kappa shape index (κ3) is 4.00. The lowest BCUT2D eigenvalue weighted by atomic mass is 10.0. The first-order chi connectivity index (χ1) is 8.72. The Labute approximate surface area is 118 Å². The summed E-state index contributed by atoms with van der Waals surface area (Å²) in [6.45, 7) is 7.16. The Morgan fingerprint density at radius 3 is 2.63 bits per heavy atom. The van der Waals surface area contributed by atoms with Crippen molar-refractivity contribution in [3.63, 3.8) is 0 Å². The molecule has 0 aliphatic carbocycles. The number of nitrogens with one attached hydrogen (secondary N) is 1. The van der Waals surface area contributed by atoms with E-state index in [1.165, 1.54) is 12.1 Å². The molecule has 2 rings (SSSR count). The van der Waals surface area contributed by atoms with Crippen LogP contribution in [-0.2, 0) is 0 Å². The molecule has 106 valence electrons. The van der Waals surface area contributed by atoms with Crippen LogP contribution in [0.25, 0.3) is 0 Å². The molecule has 0 unspecified atom stereocenters. The molecule has 0 aromatic heterocycles. The molecule has 2 nitrogen and oxygen atoms in total. The first-order valence-electron chi connectivity index (χ1n) is 6.23. The predicted octanol–water partition coefficient (Wildman–Crippen LogP) is 2.91. The smallest absolute Gasteiger partial charge is 0.128 e. The minimum absolute atomic E-state index is 0. The van der Waals surface area contributed by atoms with Crippen LogP contribution in [0.1, 0.15) is 18.0 Å². The average Bonchev–Trinajstić information content (AvgIpc) is 2.40. The third-order valence-corrected chi connectivity index (χ3v) is 3.30. The Hall–Kier alpha value is -0.970. The van der Waals surface area contributed by atoms with E-state index in [1.54, 1.807) is 6.08 Å². The molecule has 1 aliphatic rings. The van der Waals surface area contributed by atoms with Gasteiger partial charge in [-0.25, -0.2) is 8.78 Å². The van der Waals surface area contributed by atoms with E-state index in [4.69, 9.17) is 0 Å². The lowest BCUT2D eigenvalue weighted by Gasteiger charge is -2.34. The number of nitrogens with zero attached hydrogens (tertiary/aromatic N) is 1. The van der Waals surface area contributed by atoms with Gasteiger partial charge in [0.2, 0.25) is 0 Å². The summed E-state index contributed by atoms with van der Waals surface area (Å²) in [5.41, 5.74) is 0.428. The second-order valence-corrected chi connectivity index (χ2v) is 4.49. The normalized spacial score (nSPS) is 17.6. The Bertz CT molecular complexity index is 420. The fourth-order valence-corrected chi connectivity index (χ4v) is 2.39. The van der Waals surface area contributed by atoms with Crippen LogP contribution >= 0.6 is 12.4 Å². The fraction of sp³-hybridized carbons (Fsp3) is 0.429. The maximum atomic E-state index is 13.9. The van der Waals surface area contributed by atoms with Crippen LogP contribution in [0.4, 0.5) is 8.78 Å². The molecule has 0 bridgehead atoms. The molecule has 1 atom stereocenters. The lowest BCUT2D eigenvalue weighted by Crippen LogP contribution is -2.45. The second-order valence-electron chi connectivity index (χ2n) is 4.49. The number of hydrogen-bond donors (Lipinski definition) is 1. The summed E-state index contributed by atoms with van der Waals surface area (Å²) in [7, 11) is 0. The molecule has 1 fully saturated rings. The summed E-state index contributed by atoms with van der Waals surface area (Å²) < 4.78 is 27.1. The molecule has 19 heavy (non-hydrogen) atoms. The molecule has 1 N–H and O–H groups in total. The van der Waals surface area contributed by atoms with E-state index in [9.17, 15) is 8.78 Å². The quantitative estimate of drug-likeness (QED) is 0.857. The molecular weight excluding hydrogens is 270 g/mol. The van der Waals surface area contributed by atoms with E-state index in [1.807, 2.05) is 0 Å². The molecule has 0 saturated carbocycles. The molecule has 1 heterocycles. The van der Waals surface area contributed by atoms with Crippen molar-refractivity contribution in [3.8, 4) is 0 Å². The van der Waals surface area contributed by atoms with E-state index in [0.717, 1.165) is 32.2 Å². The molecule has 0 spiro atoms. The number of halogens is 3. The molecule has 1 saturated heterocycles. The van der Waals surface area contributed by atoms with Crippen molar-refractivity contribution in [1.82, 2.24) is 10.2 Å². The van der Waals surface area contributed by atoms with Crippen molar-refractivity contribution >= 4 is 12.4 Å². The highest BCUT2D eigenvalue weighted by Crippen LogP contribution is 2.27. The predicted molar refractivity (Wildman–Crippen MR) is 75.6 cm³/mol. The van der Waals surface area contributed by atoms with Crippen LogP contribution in [0.15, 0.2) is 30.9 Å². The molecule has 0 amide bonds. The summed E-state index contributed by atoms with van der Waals surface area (Å²) in [4.78, 5) is 2.18. The van der Waals surface area contributed by atoms with Crippen LogP contribution in [0, 0.1) is 11.6 Å². The van der Waals surface area contributed by atoms with Crippen LogP contribution in [0.3, 0.4) is 0 Å². The molecular formula is C14H19ClF2N2. The average molecular weight is 289 g/mol. The van der Waals surface area contributed by atoms with Gasteiger partial charge in [-0.2, -0.15) is 0 Å². The summed E-state index contributed by atoms with van der Waals surface area (Å²) in [6.07, 6.45) is 2.39. The van der Waals surface area contributed by atoms with Crippen LogP contribution in [-0.4, -0.2) is 31.1 Å². The topological polar surface area (TPSA) is 15.3 Å². The largest absolute Gasteiger partial charge is 0.314 e. The highest BCUT2D eigenvalue weighted by atomic mass is 35.5. The van der Waals surface area contributed by atoms with Gasteiger partial charge in [0.05, 0.1) is 0 Å². The van der Waals surface area contributed by atoms with Crippen LogP contribution < -0.4 is 5.32 Å². The van der Waals surface area contributed by atoms with Crippen molar-refractivity contribution in [2.24, 2.45) is 0 Å². The summed E-state index contributed by atoms with van der Waals surface area (Å²) in [6, 6.07) is 3.52. The minimum atomic E-state index is -0.393. The summed E-state index contributed by atoms with van der Waals surface area (Å²) in [5.74, 6) is -0.739. The van der Waals surface area contributed by atoms with Gasteiger partial charge in [0.25, 0.3) is 0 Å². The van der Waals surface area contributed by atoms with Gasteiger partial charge >= 0.3 is 0 Å². The summed E-state index contributed by atoms with van der Waals surface area (Å²) in [5, 5.41) is 3.25. The Balaban J connectivity index is 0.00000180. The molecule has 1 aliphatic heterocycles. The minimum Gasteiger partial charge on any atom is -0.314 e. The molecule has 0 radical (unpaired) electrons. The zero-order valence-corrected chi connectivity index (χ0v) is 11.6. The van der Waals surface area contributed by atoms with E-state index in [0.29, 0.717) is 12.0 Å². The number of benzene rings is 1. The maximum Gasteiger partial charge on any atom is 0.128 e. The van der Waals surface area contributed by atoms with Crippen molar-refractivity contribution in [3.05, 3.63) is 48.1 Å². The SMILES string of the molecule is C=CC[C@H](c1cc(F)ccc1F)N1CCNCC1.Cl. The van der Waals surface area contributed by atoms with Crippen LogP contribution in [0.5, 0.6) is 0 Å². The highest BCUT2D eigenvalue weighted by Gasteiger charge is 2.23. The first kappa shape index (κ1) is 16.1. The van der Waals surface area contributed by atoms with Gasteiger partial charge < -0.3 is 5.32 Å². The van der Waals surface area contributed by atoms with Gasteiger partial charge in [0, 0.05) is 37.8 Å².